The fourth-order valence-corrected chi connectivity index (χ4v) is 4.31. The summed E-state index contributed by atoms with van der Waals surface area (Å²) in [5, 5.41) is 1.66. The molecule has 0 fully saturated rings. The van der Waals surface area contributed by atoms with Crippen molar-refractivity contribution in [2.24, 2.45) is 0 Å². The van der Waals surface area contributed by atoms with Crippen molar-refractivity contribution in [3.05, 3.63) is 46.2 Å². The molecule has 2 aromatic rings. The molecule has 2 rings (SSSR count). The number of rotatable bonds is 4. The Kier molecular flexibility index (Phi) is 5.05. The number of methoxy groups -OCH3 is 1. The summed E-state index contributed by atoms with van der Waals surface area (Å²) in [6, 6.07) is 8.41. The van der Waals surface area contributed by atoms with Crippen LogP contribution in [0.15, 0.2) is 40.6 Å². The van der Waals surface area contributed by atoms with Gasteiger partial charge in [-0.3, -0.25) is 4.31 Å². The quantitative estimate of drug-likeness (QED) is 0.774. The molecule has 0 aliphatic rings. The number of esters is 1. The maximum Gasteiger partial charge on any atom is 0.350 e. The van der Waals surface area contributed by atoms with Crippen molar-refractivity contribution in [1.82, 2.24) is 0 Å². The zero-order valence-electron chi connectivity index (χ0n) is 14.4. The van der Waals surface area contributed by atoms with Crippen LogP contribution in [0.25, 0.3) is 0 Å². The Morgan fingerprint density at radius 1 is 1.12 bits per heavy atom. The molecule has 0 aliphatic carbocycles. The van der Waals surface area contributed by atoms with E-state index >= 15 is 0 Å². The van der Waals surface area contributed by atoms with Gasteiger partial charge in [-0.1, -0.05) is 32.9 Å². The molecule has 0 amide bonds. The molecule has 0 atom stereocenters. The van der Waals surface area contributed by atoms with E-state index in [1.165, 1.54) is 14.2 Å². The van der Waals surface area contributed by atoms with E-state index in [9.17, 15) is 13.2 Å². The van der Waals surface area contributed by atoms with Gasteiger partial charge in [0.25, 0.3) is 10.0 Å². The molecule has 0 saturated carbocycles. The Morgan fingerprint density at radius 3 is 2.21 bits per heavy atom. The highest BCUT2D eigenvalue weighted by Crippen LogP contribution is 2.31. The third kappa shape index (κ3) is 3.47. The lowest BCUT2D eigenvalue weighted by molar-refractivity contribution is 0.0607. The fourth-order valence-electron chi connectivity index (χ4n) is 2.21. The highest BCUT2D eigenvalue weighted by molar-refractivity contribution is 7.92. The van der Waals surface area contributed by atoms with Crippen LogP contribution in [0.4, 0.5) is 5.69 Å². The summed E-state index contributed by atoms with van der Waals surface area (Å²) >= 11 is 1.15. The van der Waals surface area contributed by atoms with Crippen molar-refractivity contribution in [2.45, 2.75) is 31.1 Å². The number of hydrogen-bond acceptors (Lipinski definition) is 5. The Balaban J connectivity index is 2.40. The maximum atomic E-state index is 12.8. The predicted molar refractivity (Wildman–Crippen MR) is 96.4 cm³/mol. The molecule has 0 aliphatic heterocycles. The number of nitrogens with zero attached hydrogens (tertiary/aromatic N) is 1. The molecule has 0 spiro atoms. The molecule has 1 heterocycles. The Bertz CT molecular complexity index is 830. The number of carbonyl (C=O) groups excluding carboxylic acids is 1. The number of anilines is 1. The van der Waals surface area contributed by atoms with Gasteiger partial charge < -0.3 is 4.74 Å². The second-order valence-electron chi connectivity index (χ2n) is 6.37. The fraction of sp³-hybridized carbons (Fsp3) is 0.353. The van der Waals surface area contributed by atoms with Crippen LogP contribution in [-0.4, -0.2) is 28.5 Å². The molecule has 0 saturated heterocycles. The summed E-state index contributed by atoms with van der Waals surface area (Å²) in [5.74, 6) is -0.551. The first-order valence-corrected chi connectivity index (χ1v) is 9.66. The van der Waals surface area contributed by atoms with Gasteiger partial charge in [0.15, 0.2) is 0 Å². The van der Waals surface area contributed by atoms with E-state index in [1.807, 2.05) is 12.1 Å². The lowest BCUT2D eigenvalue weighted by Crippen LogP contribution is -2.27. The lowest BCUT2D eigenvalue weighted by atomic mass is 9.87. The summed E-state index contributed by atoms with van der Waals surface area (Å²) in [5.41, 5.74) is 1.31. The minimum absolute atomic E-state index is 0.0559. The highest BCUT2D eigenvalue weighted by atomic mass is 32.2. The molecule has 0 bridgehead atoms. The summed E-state index contributed by atoms with van der Waals surface area (Å²) < 4.78 is 31.5. The van der Waals surface area contributed by atoms with E-state index < -0.39 is 16.0 Å². The van der Waals surface area contributed by atoms with E-state index in [0.29, 0.717) is 5.69 Å². The van der Waals surface area contributed by atoms with Crippen molar-refractivity contribution in [2.75, 3.05) is 18.5 Å². The average molecular weight is 367 g/mol. The first kappa shape index (κ1) is 18.5. The largest absolute Gasteiger partial charge is 0.465 e. The molecule has 130 valence electrons. The lowest BCUT2D eigenvalue weighted by Gasteiger charge is -2.22. The number of ether oxygens (including phenoxy) is 1. The zero-order valence-corrected chi connectivity index (χ0v) is 16.0. The van der Waals surface area contributed by atoms with Crippen LogP contribution in [-0.2, 0) is 20.2 Å². The van der Waals surface area contributed by atoms with Gasteiger partial charge >= 0.3 is 5.97 Å². The van der Waals surface area contributed by atoms with Crippen molar-refractivity contribution in [3.8, 4) is 0 Å². The molecule has 24 heavy (non-hydrogen) atoms. The minimum atomic E-state index is -3.76. The SMILES string of the molecule is COC(=O)c1sccc1N(C)S(=O)(=O)c1ccc(C(C)(C)C)cc1. The van der Waals surface area contributed by atoms with Gasteiger partial charge in [-0.25, -0.2) is 13.2 Å². The molecular weight excluding hydrogens is 346 g/mol. The standard InChI is InChI=1S/C17H21NO4S2/c1-17(2,3)12-6-8-13(9-7-12)24(20,21)18(4)14-10-11-23-15(14)16(19)22-5/h6-11H,1-5H3. The van der Waals surface area contributed by atoms with Gasteiger partial charge in [-0.15, -0.1) is 11.3 Å². The highest BCUT2D eigenvalue weighted by Gasteiger charge is 2.27. The third-order valence-corrected chi connectivity index (χ3v) is 6.40. The molecule has 1 aromatic carbocycles. The average Bonchev–Trinajstić information content (AvgIpc) is 3.02. The minimum Gasteiger partial charge on any atom is -0.465 e. The van der Waals surface area contributed by atoms with E-state index in [4.69, 9.17) is 4.74 Å². The second-order valence-corrected chi connectivity index (χ2v) is 9.26. The molecular formula is C17H21NO4S2. The number of hydrogen-bond donors (Lipinski definition) is 0. The number of thiophene rings is 1. The van der Waals surface area contributed by atoms with Crippen LogP contribution in [0.3, 0.4) is 0 Å². The second kappa shape index (κ2) is 6.57. The van der Waals surface area contributed by atoms with Crippen LogP contribution >= 0.6 is 11.3 Å². The first-order valence-electron chi connectivity index (χ1n) is 7.34. The van der Waals surface area contributed by atoms with Crippen LogP contribution in [0.2, 0.25) is 0 Å². The monoisotopic (exact) mass is 367 g/mol. The Labute approximate surface area is 146 Å². The molecule has 7 heteroatoms. The first-order chi connectivity index (χ1) is 11.1. The van der Waals surface area contributed by atoms with Crippen molar-refractivity contribution < 1.29 is 17.9 Å². The summed E-state index contributed by atoms with van der Waals surface area (Å²) in [7, 11) is -1.05. The van der Waals surface area contributed by atoms with E-state index in [2.05, 4.69) is 20.8 Å². The van der Waals surface area contributed by atoms with Crippen LogP contribution in [0, 0.1) is 0 Å². The normalized spacial score (nSPS) is 12.0. The summed E-state index contributed by atoms with van der Waals surface area (Å²) in [6.07, 6.45) is 0. The van der Waals surface area contributed by atoms with Gasteiger partial charge in [-0.05, 0) is 34.6 Å². The molecule has 0 N–H and O–H groups in total. The van der Waals surface area contributed by atoms with E-state index in [1.54, 1.807) is 23.6 Å². The molecule has 1 aromatic heterocycles. The van der Waals surface area contributed by atoms with Crippen molar-refractivity contribution in [3.63, 3.8) is 0 Å². The smallest absolute Gasteiger partial charge is 0.350 e. The topological polar surface area (TPSA) is 63.7 Å². The van der Waals surface area contributed by atoms with Crippen LogP contribution in [0.5, 0.6) is 0 Å². The van der Waals surface area contributed by atoms with Gasteiger partial charge in [0, 0.05) is 7.05 Å². The number of sulfonamides is 1. The summed E-state index contributed by atoms with van der Waals surface area (Å²) in [6.45, 7) is 6.20. The van der Waals surface area contributed by atoms with E-state index in [-0.39, 0.29) is 15.2 Å². The molecule has 0 unspecified atom stereocenters. The predicted octanol–water partition coefficient (Wildman–Crippen LogP) is 3.66. The van der Waals surface area contributed by atoms with E-state index in [0.717, 1.165) is 21.2 Å². The van der Waals surface area contributed by atoms with Gasteiger partial charge in [-0.2, -0.15) is 0 Å². The number of benzene rings is 1. The Morgan fingerprint density at radius 2 is 1.71 bits per heavy atom. The van der Waals surface area contributed by atoms with Crippen LogP contribution < -0.4 is 4.31 Å². The van der Waals surface area contributed by atoms with Crippen molar-refractivity contribution in [1.29, 1.82) is 0 Å². The molecule has 5 nitrogen and oxygen atoms in total. The van der Waals surface area contributed by atoms with Crippen LogP contribution in [0.1, 0.15) is 36.0 Å². The summed E-state index contributed by atoms with van der Waals surface area (Å²) in [4.78, 5) is 12.2. The maximum absolute atomic E-state index is 12.8. The molecule has 0 radical (unpaired) electrons. The zero-order chi connectivity index (χ0) is 18.1. The van der Waals surface area contributed by atoms with Crippen molar-refractivity contribution >= 4 is 33.0 Å². The van der Waals surface area contributed by atoms with Gasteiger partial charge in [0.2, 0.25) is 0 Å². The van der Waals surface area contributed by atoms with Gasteiger partial charge in [0.1, 0.15) is 4.88 Å². The van der Waals surface area contributed by atoms with Gasteiger partial charge in [0.05, 0.1) is 17.7 Å². The third-order valence-electron chi connectivity index (χ3n) is 3.73. The Hall–Kier alpha value is -1.86. The number of carbonyl (C=O) groups is 1.